The molecule has 4 N–H and O–H groups in total. The third kappa shape index (κ3) is 11.3. The minimum atomic E-state index is -3.82. The van der Waals surface area contributed by atoms with Crippen molar-refractivity contribution in [3.8, 4) is 17.1 Å². The zero-order valence-corrected chi connectivity index (χ0v) is 34.8. The average molecular weight is 808 g/mol. The fourth-order valence-electron chi connectivity index (χ4n) is 7.00. The normalized spacial score (nSPS) is 20.3. The maximum atomic E-state index is 14.2. The maximum Gasteiger partial charge on any atom is 0.408 e. The quantitative estimate of drug-likeness (QED) is 0.123. The lowest BCUT2D eigenvalue weighted by atomic mass is 10.0. The zero-order valence-electron chi connectivity index (χ0n) is 33.9. The predicted octanol–water partition coefficient (Wildman–Crippen LogP) is 5.08. The Morgan fingerprint density at radius 1 is 1.02 bits per heavy atom. The van der Waals surface area contributed by atoms with Crippen LogP contribution in [-0.2, 0) is 29.3 Å². The molecule has 1 aliphatic carbocycles. The molecule has 0 spiro atoms. The maximum absolute atomic E-state index is 14.2. The van der Waals surface area contributed by atoms with Crippen molar-refractivity contribution in [1.82, 2.24) is 28.8 Å². The molecule has 2 aliphatic rings. The largest absolute Gasteiger partial charge is 0.459 e. The molecule has 0 radical (unpaired) electrons. The smallest absolute Gasteiger partial charge is 0.408 e. The molecule has 2 aromatic carbocycles. The van der Waals surface area contributed by atoms with E-state index < -0.39 is 57.8 Å². The number of likely N-dealkylation sites (tertiary alicyclic amines) is 1. The summed E-state index contributed by atoms with van der Waals surface area (Å²) >= 11 is 0. The van der Waals surface area contributed by atoms with Crippen molar-refractivity contribution in [2.45, 2.75) is 109 Å². The Morgan fingerprint density at radius 3 is 2.39 bits per heavy atom. The molecule has 1 aromatic heterocycles. The third-order valence-corrected chi connectivity index (χ3v) is 11.5. The molecule has 16 heteroatoms. The van der Waals surface area contributed by atoms with Gasteiger partial charge in [-0.2, -0.15) is 17.7 Å². The summed E-state index contributed by atoms with van der Waals surface area (Å²) in [5.74, 6) is -2.00. The lowest BCUT2D eigenvalue weighted by Gasteiger charge is -2.28. The molecule has 0 bridgehead atoms. The first-order chi connectivity index (χ1) is 26.8. The Hall–Kier alpha value is -4.96. The van der Waals surface area contributed by atoms with Crippen LogP contribution in [0.25, 0.3) is 22.2 Å². The van der Waals surface area contributed by atoms with Crippen molar-refractivity contribution in [1.29, 1.82) is 0 Å². The van der Waals surface area contributed by atoms with Gasteiger partial charge in [0.25, 0.3) is 6.01 Å². The monoisotopic (exact) mass is 807 g/mol. The molecule has 57 heavy (non-hydrogen) atoms. The highest BCUT2D eigenvalue weighted by Gasteiger charge is 2.44. The van der Waals surface area contributed by atoms with E-state index in [9.17, 15) is 27.6 Å². The molecule has 1 saturated heterocycles. The number of nitrogens with zero attached hydrogens (tertiary/aromatic N) is 4. The molecular formula is C41H57N7O8S. The Labute approximate surface area is 335 Å². The number of allylic oxidation sites excluding steroid dienone is 2. The molecule has 2 heterocycles. The molecule has 310 valence electrons. The van der Waals surface area contributed by atoms with E-state index in [1.165, 1.54) is 19.0 Å². The van der Waals surface area contributed by atoms with Gasteiger partial charge in [-0.3, -0.25) is 19.0 Å². The number of amides is 4. The molecule has 5 atom stereocenters. The van der Waals surface area contributed by atoms with Crippen LogP contribution in [-0.4, -0.2) is 95.4 Å². The second-order valence-electron chi connectivity index (χ2n) is 16.3. The number of hydrogen-bond donors (Lipinski definition) is 3. The van der Waals surface area contributed by atoms with E-state index in [2.05, 4.69) is 10.0 Å². The lowest BCUT2D eigenvalue weighted by molar-refractivity contribution is -0.139. The van der Waals surface area contributed by atoms with Crippen molar-refractivity contribution < 1.29 is 37.1 Å². The minimum Gasteiger partial charge on any atom is -0.459 e. The summed E-state index contributed by atoms with van der Waals surface area (Å²) in [6.07, 6.45) is 6.49. The number of hydrogen-bond acceptors (Lipinski definition) is 9. The van der Waals surface area contributed by atoms with Crippen LogP contribution in [0.15, 0.2) is 60.7 Å². The number of ether oxygens (including phenoxy) is 2. The summed E-state index contributed by atoms with van der Waals surface area (Å²) < 4.78 is 40.9. The van der Waals surface area contributed by atoms with Crippen LogP contribution in [0.2, 0.25) is 0 Å². The van der Waals surface area contributed by atoms with E-state index >= 15 is 0 Å². The van der Waals surface area contributed by atoms with Crippen molar-refractivity contribution in [3.05, 3.63) is 60.7 Å². The molecule has 5 unspecified atom stereocenters. The number of benzene rings is 2. The van der Waals surface area contributed by atoms with Crippen LogP contribution >= 0.6 is 0 Å². The molecule has 1 saturated carbocycles. The molecule has 4 amide bonds. The fourth-order valence-corrected chi connectivity index (χ4v) is 7.59. The molecular weight excluding hydrogens is 751 g/mol. The van der Waals surface area contributed by atoms with Crippen LogP contribution in [0.4, 0.5) is 4.79 Å². The molecule has 2 fully saturated rings. The van der Waals surface area contributed by atoms with Crippen LogP contribution in [0, 0.1) is 11.8 Å². The van der Waals surface area contributed by atoms with Gasteiger partial charge in [0.2, 0.25) is 17.7 Å². The number of primary amides is 1. The Bertz CT molecular complexity index is 2060. The van der Waals surface area contributed by atoms with Crippen LogP contribution < -0.4 is 20.5 Å². The third-order valence-electron chi connectivity index (χ3n) is 10.0. The first kappa shape index (κ1) is 43.2. The predicted molar refractivity (Wildman–Crippen MR) is 217 cm³/mol. The van der Waals surface area contributed by atoms with E-state index in [1.54, 1.807) is 20.8 Å². The summed E-state index contributed by atoms with van der Waals surface area (Å²) in [6, 6.07) is 14.6. The van der Waals surface area contributed by atoms with Crippen LogP contribution in [0.5, 0.6) is 6.01 Å². The van der Waals surface area contributed by atoms with E-state index in [4.69, 9.17) is 20.2 Å². The van der Waals surface area contributed by atoms with Gasteiger partial charge in [0.15, 0.2) is 0 Å². The summed E-state index contributed by atoms with van der Waals surface area (Å²) in [4.78, 5) is 58.5. The highest BCUT2D eigenvalue weighted by atomic mass is 32.2. The average Bonchev–Trinajstić information content (AvgIpc) is 3.63. The van der Waals surface area contributed by atoms with Crippen molar-refractivity contribution in [2.24, 2.45) is 17.6 Å². The van der Waals surface area contributed by atoms with Gasteiger partial charge in [0, 0.05) is 32.5 Å². The lowest BCUT2D eigenvalue weighted by Crippen LogP contribution is -2.53. The number of alkyl carbamates (subject to hydrolysis) is 1. The number of imidazole rings is 1. The van der Waals surface area contributed by atoms with Crippen molar-refractivity contribution in [2.75, 3.05) is 20.6 Å². The van der Waals surface area contributed by atoms with E-state index in [0.717, 1.165) is 45.7 Å². The number of rotatable bonds is 17. The highest BCUT2D eigenvalue weighted by Crippen LogP contribution is 2.40. The summed E-state index contributed by atoms with van der Waals surface area (Å²) in [5, 5.41) is 2.74. The SMILES string of the molecule is CC(C)n1c(OC2CC(C(N)=O)N(C(=O)C(CCCCCC=CC3CC3C(=O)NS(=O)(=O)N(C)C)NC(=O)OC(C)(C)C)C2)nc2cc(-c3ccccc3)ccc21. The number of carbonyl (C=O) groups is 4. The molecule has 5 rings (SSSR count). The number of nitrogens with one attached hydrogen (secondary N) is 2. The first-order valence-corrected chi connectivity index (χ1v) is 21.0. The number of fused-ring (bicyclic) bond motifs is 1. The van der Waals surface area contributed by atoms with E-state index in [0.29, 0.717) is 25.3 Å². The summed E-state index contributed by atoms with van der Waals surface area (Å²) in [5.41, 5.74) is 8.80. The molecule has 15 nitrogen and oxygen atoms in total. The number of aromatic nitrogens is 2. The highest BCUT2D eigenvalue weighted by molar-refractivity contribution is 7.87. The number of carbonyl (C=O) groups excluding carboxylic acids is 4. The van der Waals surface area contributed by atoms with Gasteiger partial charge in [-0.15, -0.1) is 0 Å². The second kappa shape index (κ2) is 18.1. The van der Waals surface area contributed by atoms with Crippen LogP contribution in [0.3, 0.4) is 0 Å². The number of nitrogens with two attached hydrogens (primary N) is 1. The van der Waals surface area contributed by atoms with Gasteiger partial charge in [0.1, 0.15) is 23.8 Å². The van der Waals surface area contributed by atoms with E-state index in [-0.39, 0.29) is 30.8 Å². The Morgan fingerprint density at radius 2 is 1.74 bits per heavy atom. The van der Waals surface area contributed by atoms with Gasteiger partial charge in [-0.1, -0.05) is 61.4 Å². The summed E-state index contributed by atoms with van der Waals surface area (Å²) in [7, 11) is -1.11. The van der Waals surface area contributed by atoms with Gasteiger partial charge in [0.05, 0.1) is 17.6 Å². The Kier molecular flexibility index (Phi) is 13.7. The van der Waals surface area contributed by atoms with E-state index in [1.807, 2.05) is 79.1 Å². The van der Waals surface area contributed by atoms with Gasteiger partial charge in [-0.05, 0) is 89.5 Å². The topological polar surface area (TPSA) is 195 Å². The van der Waals surface area contributed by atoms with Gasteiger partial charge in [-0.25, -0.2) is 9.52 Å². The zero-order chi connectivity index (χ0) is 41.7. The summed E-state index contributed by atoms with van der Waals surface area (Å²) in [6.45, 7) is 9.34. The van der Waals surface area contributed by atoms with Crippen molar-refractivity contribution >= 4 is 45.1 Å². The minimum absolute atomic E-state index is 0.00267. The fraction of sp³-hybridized carbons (Fsp3) is 0.537. The van der Waals surface area contributed by atoms with Crippen molar-refractivity contribution in [3.63, 3.8) is 0 Å². The standard InChI is InChI=1S/C41H57N7O8S/c1-26(2)48-34-21-20-28(27-16-13-11-14-17-27)23-33(34)43-39(48)55-30-24-35(36(42)49)47(25-30)38(51)32(44-40(52)56-41(3,4)5)19-15-10-8-9-12-18-29-22-31(29)37(50)45-57(53,54)46(6)7/h11-14,16-18,20-21,23,26,29-32,35H,8-10,15,19,22,24-25H2,1-7H3,(H2,42,49)(H,44,52)(H,45,50). The second-order valence-corrected chi connectivity index (χ2v) is 18.2. The van der Waals surface area contributed by atoms with Gasteiger partial charge < -0.3 is 25.4 Å². The number of unbranched alkanes of at least 4 members (excludes halogenated alkanes) is 3. The first-order valence-electron chi connectivity index (χ1n) is 19.6. The van der Waals surface area contributed by atoms with Gasteiger partial charge >= 0.3 is 16.3 Å². The molecule has 3 aromatic rings. The van der Waals surface area contributed by atoms with Crippen LogP contribution in [0.1, 0.15) is 85.6 Å². The molecule has 1 aliphatic heterocycles. The Balaban J connectivity index is 1.22.